The summed E-state index contributed by atoms with van der Waals surface area (Å²) in [7, 11) is 1.59. The van der Waals surface area contributed by atoms with E-state index in [9.17, 15) is 9.59 Å². The van der Waals surface area contributed by atoms with Crippen LogP contribution in [0.2, 0.25) is 5.02 Å². The van der Waals surface area contributed by atoms with Crippen molar-refractivity contribution in [1.29, 1.82) is 0 Å². The molecule has 2 aromatic carbocycles. The average Bonchev–Trinajstić information content (AvgIpc) is 2.80. The van der Waals surface area contributed by atoms with Gasteiger partial charge in [0.25, 0.3) is 0 Å². The summed E-state index contributed by atoms with van der Waals surface area (Å²) >= 11 is 12.3. The second-order valence-corrected chi connectivity index (χ2v) is 8.44. The lowest BCUT2D eigenvalue weighted by atomic mass is 9.94. The highest BCUT2D eigenvalue weighted by Gasteiger charge is 2.33. The third-order valence-corrected chi connectivity index (χ3v) is 6.27. The van der Waals surface area contributed by atoms with Crippen molar-refractivity contribution in [3.8, 4) is 5.75 Å². The van der Waals surface area contributed by atoms with Crippen molar-refractivity contribution in [2.75, 3.05) is 13.0 Å². The number of amides is 2. The molecule has 1 saturated carbocycles. The maximum atomic E-state index is 13.5. The second kappa shape index (κ2) is 11.4. The van der Waals surface area contributed by atoms with E-state index in [1.807, 2.05) is 30.3 Å². The van der Waals surface area contributed by atoms with Gasteiger partial charge in [0.2, 0.25) is 11.8 Å². The fourth-order valence-electron chi connectivity index (χ4n) is 4.00. The van der Waals surface area contributed by atoms with E-state index in [4.69, 9.17) is 27.9 Å². The summed E-state index contributed by atoms with van der Waals surface area (Å²) in [6.07, 6.45) is 5.30. The van der Waals surface area contributed by atoms with E-state index in [1.54, 1.807) is 25.3 Å². The number of alkyl halides is 1. The number of halogens is 2. The fourth-order valence-corrected chi connectivity index (χ4v) is 4.35. The van der Waals surface area contributed by atoms with E-state index in [-0.39, 0.29) is 30.3 Å². The van der Waals surface area contributed by atoms with Crippen molar-refractivity contribution >= 4 is 35.0 Å². The van der Waals surface area contributed by atoms with Gasteiger partial charge >= 0.3 is 0 Å². The minimum Gasteiger partial charge on any atom is -0.497 e. The van der Waals surface area contributed by atoms with E-state index in [0.717, 1.165) is 31.2 Å². The quantitative estimate of drug-likeness (QED) is 0.554. The monoisotopic (exact) mass is 462 g/mol. The Morgan fingerprint density at radius 3 is 2.39 bits per heavy atom. The Labute approximate surface area is 193 Å². The van der Waals surface area contributed by atoms with Gasteiger partial charge in [0.15, 0.2) is 0 Å². The molecule has 1 unspecified atom stereocenters. The summed E-state index contributed by atoms with van der Waals surface area (Å²) in [5.41, 5.74) is 1.45. The summed E-state index contributed by atoms with van der Waals surface area (Å²) in [6, 6.07) is 13.8. The van der Waals surface area contributed by atoms with Crippen molar-refractivity contribution in [2.45, 2.75) is 50.7 Å². The number of hydrogen-bond acceptors (Lipinski definition) is 3. The Balaban J connectivity index is 1.96. The van der Waals surface area contributed by atoms with Gasteiger partial charge in [-0.15, -0.1) is 11.6 Å². The number of methoxy groups -OCH3 is 1. The van der Waals surface area contributed by atoms with Crippen LogP contribution < -0.4 is 10.1 Å². The standard InChI is InChI=1S/C24H28Cl2N2O3/c1-31-20-13-11-17(12-14-20)23(24(30)27-19-8-3-2-4-9-19)28(22(29)15-25)16-18-7-5-6-10-21(18)26/h5-7,10-14,19,23H,2-4,8-9,15-16H2,1H3,(H,27,30). The highest BCUT2D eigenvalue weighted by molar-refractivity contribution is 6.31. The molecule has 0 saturated heterocycles. The highest BCUT2D eigenvalue weighted by atomic mass is 35.5. The molecule has 1 aliphatic carbocycles. The van der Waals surface area contributed by atoms with Crippen LogP contribution in [0.4, 0.5) is 0 Å². The number of benzene rings is 2. The number of ether oxygens (including phenoxy) is 1. The van der Waals surface area contributed by atoms with Crippen LogP contribution in [0, 0.1) is 0 Å². The lowest BCUT2D eigenvalue weighted by Crippen LogP contribution is -2.47. The van der Waals surface area contributed by atoms with Crippen LogP contribution in [0.3, 0.4) is 0 Å². The summed E-state index contributed by atoms with van der Waals surface area (Å²) in [4.78, 5) is 27.9. The second-order valence-electron chi connectivity index (χ2n) is 7.77. The molecule has 1 N–H and O–H groups in total. The van der Waals surface area contributed by atoms with Gasteiger partial charge in [-0.1, -0.05) is 61.2 Å². The van der Waals surface area contributed by atoms with Crippen LogP contribution in [0.15, 0.2) is 48.5 Å². The van der Waals surface area contributed by atoms with Crippen molar-refractivity contribution in [3.05, 3.63) is 64.7 Å². The molecule has 166 valence electrons. The molecule has 2 amide bonds. The third kappa shape index (κ3) is 6.14. The highest BCUT2D eigenvalue weighted by Crippen LogP contribution is 2.29. The first-order valence-corrected chi connectivity index (χ1v) is 11.5. The van der Waals surface area contributed by atoms with Crippen LogP contribution in [0.25, 0.3) is 0 Å². The molecule has 3 rings (SSSR count). The molecule has 0 aliphatic heterocycles. The summed E-state index contributed by atoms with van der Waals surface area (Å²) < 4.78 is 5.25. The van der Waals surface area contributed by atoms with Gasteiger partial charge in [0, 0.05) is 17.6 Å². The van der Waals surface area contributed by atoms with Gasteiger partial charge in [0.1, 0.15) is 17.7 Å². The summed E-state index contributed by atoms with van der Waals surface area (Å²) in [5, 5.41) is 3.70. The van der Waals surface area contributed by atoms with Gasteiger partial charge < -0.3 is 15.0 Å². The molecule has 1 fully saturated rings. The first-order valence-electron chi connectivity index (χ1n) is 10.6. The normalized spacial score (nSPS) is 15.2. The molecule has 0 spiro atoms. The number of carbonyl (C=O) groups excluding carboxylic acids is 2. The van der Waals surface area contributed by atoms with Crippen molar-refractivity contribution in [1.82, 2.24) is 10.2 Å². The molecule has 0 aromatic heterocycles. The van der Waals surface area contributed by atoms with Crippen molar-refractivity contribution < 1.29 is 14.3 Å². The Morgan fingerprint density at radius 2 is 1.77 bits per heavy atom. The predicted molar refractivity (Wildman–Crippen MR) is 123 cm³/mol. The fraction of sp³-hybridized carbons (Fsp3) is 0.417. The molecular formula is C24H28Cl2N2O3. The first kappa shape index (κ1) is 23.4. The van der Waals surface area contributed by atoms with Crippen molar-refractivity contribution in [2.24, 2.45) is 0 Å². The summed E-state index contributed by atoms with van der Waals surface area (Å²) in [6.45, 7) is 0.181. The Hall–Kier alpha value is -2.24. The average molecular weight is 463 g/mol. The van der Waals surface area contributed by atoms with Crippen LogP contribution in [0.1, 0.15) is 49.3 Å². The number of nitrogens with one attached hydrogen (secondary N) is 1. The third-order valence-electron chi connectivity index (χ3n) is 5.68. The molecule has 0 bridgehead atoms. The number of nitrogens with zero attached hydrogens (tertiary/aromatic N) is 1. The molecule has 5 nitrogen and oxygen atoms in total. The van der Waals surface area contributed by atoms with E-state index < -0.39 is 6.04 Å². The van der Waals surface area contributed by atoms with Gasteiger partial charge in [-0.25, -0.2) is 0 Å². The zero-order valence-corrected chi connectivity index (χ0v) is 19.2. The maximum Gasteiger partial charge on any atom is 0.247 e. The number of carbonyl (C=O) groups is 2. The maximum absolute atomic E-state index is 13.5. The Kier molecular flexibility index (Phi) is 8.61. The van der Waals surface area contributed by atoms with Crippen molar-refractivity contribution in [3.63, 3.8) is 0 Å². The van der Waals surface area contributed by atoms with Crippen LogP contribution >= 0.6 is 23.2 Å². The van der Waals surface area contributed by atoms with Crippen LogP contribution in [-0.4, -0.2) is 35.7 Å². The Bertz CT molecular complexity index is 883. The SMILES string of the molecule is COc1ccc(C(C(=O)NC2CCCCC2)N(Cc2ccccc2Cl)C(=O)CCl)cc1. The van der Waals surface area contributed by atoms with Gasteiger partial charge in [-0.3, -0.25) is 9.59 Å². The van der Waals surface area contributed by atoms with Crippen LogP contribution in [-0.2, 0) is 16.1 Å². The largest absolute Gasteiger partial charge is 0.497 e. The molecule has 7 heteroatoms. The smallest absolute Gasteiger partial charge is 0.247 e. The minimum absolute atomic E-state index is 0.121. The number of rotatable bonds is 8. The molecular weight excluding hydrogens is 435 g/mol. The predicted octanol–water partition coefficient (Wildman–Crippen LogP) is 5.11. The zero-order valence-electron chi connectivity index (χ0n) is 17.7. The van der Waals surface area contributed by atoms with Gasteiger partial charge in [-0.05, 0) is 42.2 Å². The van der Waals surface area contributed by atoms with Gasteiger partial charge in [0.05, 0.1) is 7.11 Å². The van der Waals surface area contributed by atoms with E-state index in [1.165, 1.54) is 11.3 Å². The topological polar surface area (TPSA) is 58.6 Å². The molecule has 1 atom stereocenters. The van der Waals surface area contributed by atoms with Crippen LogP contribution in [0.5, 0.6) is 5.75 Å². The van der Waals surface area contributed by atoms with Gasteiger partial charge in [-0.2, -0.15) is 0 Å². The summed E-state index contributed by atoms with van der Waals surface area (Å²) in [5.74, 6) is -0.0892. The Morgan fingerprint density at radius 1 is 1.10 bits per heavy atom. The first-order chi connectivity index (χ1) is 15.0. The van der Waals surface area contributed by atoms with E-state index in [2.05, 4.69) is 5.32 Å². The zero-order chi connectivity index (χ0) is 22.2. The minimum atomic E-state index is -0.824. The molecule has 2 aromatic rings. The molecule has 31 heavy (non-hydrogen) atoms. The number of hydrogen-bond donors (Lipinski definition) is 1. The molecule has 0 radical (unpaired) electrons. The van der Waals surface area contributed by atoms with E-state index in [0.29, 0.717) is 16.3 Å². The molecule has 0 heterocycles. The lowest BCUT2D eigenvalue weighted by molar-refractivity contribution is -0.140. The molecule has 1 aliphatic rings. The van der Waals surface area contributed by atoms with E-state index >= 15 is 0 Å². The lowest BCUT2D eigenvalue weighted by Gasteiger charge is -2.33.